The van der Waals surface area contributed by atoms with Crippen LogP contribution in [0.15, 0.2) is 73.1 Å². The molecule has 27 heteroatoms. The van der Waals surface area contributed by atoms with Crippen LogP contribution in [0.1, 0.15) is 115 Å². The van der Waals surface area contributed by atoms with Crippen LogP contribution in [0.25, 0.3) is 0 Å². The molecule has 418 valence electrons. The van der Waals surface area contributed by atoms with Crippen molar-refractivity contribution in [2.75, 3.05) is 46.2 Å². The second-order valence-electron chi connectivity index (χ2n) is 18.6. The van der Waals surface area contributed by atoms with Gasteiger partial charge in [-0.15, -0.1) is 10.2 Å². The molecule has 0 bridgehead atoms. The Labute approximate surface area is 436 Å². The molecule has 0 spiro atoms. The van der Waals surface area contributed by atoms with Crippen LogP contribution in [0.5, 0.6) is 0 Å². The molecular formula is C50H58F12N14O. The minimum absolute atomic E-state index is 0.00605. The van der Waals surface area contributed by atoms with Gasteiger partial charge in [-0.1, -0.05) is 41.9 Å². The fourth-order valence-corrected chi connectivity index (χ4v) is 9.14. The van der Waals surface area contributed by atoms with E-state index in [0.29, 0.717) is 30.2 Å². The number of anilines is 4. The maximum absolute atomic E-state index is 13.5. The lowest BCUT2D eigenvalue weighted by Crippen LogP contribution is -2.31. The third-order valence-electron chi connectivity index (χ3n) is 12.8. The molecule has 4 aromatic heterocycles. The number of hydrogen-bond acceptors (Lipinski definition) is 13. The van der Waals surface area contributed by atoms with Crippen molar-refractivity contribution in [2.24, 2.45) is 25.9 Å². The van der Waals surface area contributed by atoms with Gasteiger partial charge in [0.1, 0.15) is 11.6 Å². The quantitative estimate of drug-likeness (QED) is 0.0682. The van der Waals surface area contributed by atoms with E-state index in [9.17, 15) is 57.5 Å². The number of nitrogens with zero attached hydrogens (tertiary/aromatic N) is 13. The number of rotatable bonds is 17. The Hall–Kier alpha value is -7.09. The third-order valence-corrected chi connectivity index (χ3v) is 12.8. The van der Waals surface area contributed by atoms with E-state index in [1.165, 1.54) is 62.3 Å². The molecule has 77 heavy (non-hydrogen) atoms. The van der Waals surface area contributed by atoms with Gasteiger partial charge in [0, 0.05) is 63.8 Å². The summed E-state index contributed by atoms with van der Waals surface area (Å²) in [5.41, 5.74) is -4.40. The van der Waals surface area contributed by atoms with Gasteiger partial charge in [0.2, 0.25) is 0 Å². The van der Waals surface area contributed by atoms with Gasteiger partial charge in [0.15, 0.2) is 6.29 Å². The van der Waals surface area contributed by atoms with Crippen molar-refractivity contribution in [1.82, 2.24) is 50.4 Å². The molecule has 6 aromatic rings. The van der Waals surface area contributed by atoms with E-state index < -0.39 is 47.0 Å². The summed E-state index contributed by atoms with van der Waals surface area (Å²) in [4.78, 5) is 28.1. The molecule has 0 radical (unpaired) electrons. The van der Waals surface area contributed by atoms with Crippen molar-refractivity contribution in [1.29, 1.82) is 0 Å². The number of carbonyl (C=O) groups excluding carboxylic acids is 1. The monoisotopic (exact) mass is 1100 g/mol. The standard InChI is InChI=1S/C25H29F6N7.C14H20N2O.C11H9F6N5/c1-3-37(14-17-7-4-5-8-17)22-19(9-6-10-32-22)16-38(23-33-35-36(2)34-23)15-18-11-20(24(26,27)28)13-21(12-18)25(29,30)31;1-2-16(10-12-6-3-4-7-12)14-13(11-17)8-5-9-15-14;1-22-20-9(19-21-22)18-5-6-2-7(10(12,13)14)4-8(3-6)11(15,16)17/h6,9-13,17H,3-5,7-8,14-16H2,1-2H3;5,8-9,11-12H,2-4,6-7,10H2,1H3;2-4H,5H2,1H3,(H,18,20). The Bertz CT molecular complexity index is 2750. The maximum atomic E-state index is 13.5. The van der Waals surface area contributed by atoms with E-state index >= 15 is 0 Å². The molecule has 8 rings (SSSR count). The molecule has 1 N–H and O–H groups in total. The van der Waals surface area contributed by atoms with Crippen LogP contribution in [-0.2, 0) is 58.4 Å². The number of benzene rings is 2. The highest BCUT2D eigenvalue weighted by Gasteiger charge is 2.38. The van der Waals surface area contributed by atoms with Crippen LogP contribution in [-0.4, -0.2) is 82.8 Å². The summed E-state index contributed by atoms with van der Waals surface area (Å²) in [6.07, 6.45) is -5.27. The first-order valence-corrected chi connectivity index (χ1v) is 24.7. The highest BCUT2D eigenvalue weighted by Crippen LogP contribution is 2.39. The number of aryl methyl sites for hydroxylation is 2. The summed E-state index contributed by atoms with van der Waals surface area (Å²) in [7, 11) is 2.99. The number of halogens is 12. The van der Waals surface area contributed by atoms with Crippen LogP contribution in [0.4, 0.5) is 76.2 Å². The van der Waals surface area contributed by atoms with Gasteiger partial charge < -0.3 is 20.0 Å². The van der Waals surface area contributed by atoms with Crippen LogP contribution < -0.4 is 20.0 Å². The molecule has 2 aliphatic rings. The lowest BCUT2D eigenvalue weighted by atomic mass is 10.0. The summed E-state index contributed by atoms with van der Waals surface area (Å²) in [5.74, 6) is 2.96. The van der Waals surface area contributed by atoms with Gasteiger partial charge in [0.25, 0.3) is 11.9 Å². The van der Waals surface area contributed by atoms with Crippen molar-refractivity contribution in [3.8, 4) is 0 Å². The van der Waals surface area contributed by atoms with E-state index in [1.54, 1.807) is 18.5 Å². The van der Waals surface area contributed by atoms with Gasteiger partial charge in [0.05, 0.1) is 41.9 Å². The molecular weight excluding hydrogens is 1040 g/mol. The van der Waals surface area contributed by atoms with E-state index in [0.717, 1.165) is 78.8 Å². The maximum Gasteiger partial charge on any atom is 0.416 e. The molecule has 4 heterocycles. The number of pyridine rings is 2. The van der Waals surface area contributed by atoms with Crippen molar-refractivity contribution in [3.63, 3.8) is 0 Å². The Morgan fingerprint density at radius 3 is 1.48 bits per heavy atom. The lowest BCUT2D eigenvalue weighted by molar-refractivity contribution is -0.144. The third kappa shape index (κ3) is 17.2. The number of aromatic nitrogens is 10. The van der Waals surface area contributed by atoms with Crippen molar-refractivity contribution in [2.45, 2.75) is 110 Å². The van der Waals surface area contributed by atoms with Gasteiger partial charge in [-0.05, 0) is 128 Å². The largest absolute Gasteiger partial charge is 0.416 e. The van der Waals surface area contributed by atoms with E-state index in [1.807, 2.05) is 25.1 Å². The Morgan fingerprint density at radius 1 is 0.584 bits per heavy atom. The van der Waals surface area contributed by atoms with Crippen molar-refractivity contribution in [3.05, 3.63) is 118 Å². The predicted molar refractivity (Wildman–Crippen MR) is 261 cm³/mol. The normalized spacial score (nSPS) is 14.4. The SMILES string of the molecule is CCN(CC1CCCC1)c1ncccc1C=O.CCN(CC1CCCC1)c1ncccc1CN(Cc1cc(C(F)(F)F)cc(C(F)(F)F)c1)c1nnn(C)n1.Cn1nnc(NCc2cc(C(F)(F)F)cc(C(F)(F)F)c2)n1. The zero-order valence-corrected chi connectivity index (χ0v) is 42.5. The Kier molecular flexibility index (Phi) is 19.8. The smallest absolute Gasteiger partial charge is 0.356 e. The van der Waals surface area contributed by atoms with Crippen LogP contribution >= 0.6 is 0 Å². The number of aldehydes is 1. The summed E-state index contributed by atoms with van der Waals surface area (Å²) >= 11 is 0. The van der Waals surface area contributed by atoms with Gasteiger partial charge in [-0.3, -0.25) is 4.79 Å². The first-order valence-electron chi connectivity index (χ1n) is 24.7. The zero-order valence-electron chi connectivity index (χ0n) is 42.5. The molecule has 2 saturated carbocycles. The number of carbonyl (C=O) groups is 1. The van der Waals surface area contributed by atoms with Crippen LogP contribution in [0.2, 0.25) is 0 Å². The number of alkyl halides is 12. The molecule has 0 unspecified atom stereocenters. The van der Waals surface area contributed by atoms with E-state index in [2.05, 4.69) is 62.8 Å². The van der Waals surface area contributed by atoms with Gasteiger partial charge >= 0.3 is 24.7 Å². The number of nitrogens with one attached hydrogen (secondary N) is 1. The second kappa shape index (κ2) is 25.8. The lowest BCUT2D eigenvalue weighted by Gasteiger charge is -2.29. The van der Waals surface area contributed by atoms with Crippen molar-refractivity contribution < 1.29 is 57.5 Å². The fraction of sp³-hybridized carbons (Fsp3) is 0.500. The molecule has 2 aliphatic carbocycles. The average molecular weight is 1100 g/mol. The summed E-state index contributed by atoms with van der Waals surface area (Å²) in [6, 6.07) is 10.2. The molecule has 0 aliphatic heterocycles. The van der Waals surface area contributed by atoms with Crippen molar-refractivity contribution >= 4 is 29.8 Å². The summed E-state index contributed by atoms with van der Waals surface area (Å²) < 4.78 is 157. The van der Waals surface area contributed by atoms with Gasteiger partial charge in [-0.25, -0.2) is 9.97 Å². The van der Waals surface area contributed by atoms with E-state index in [-0.39, 0.29) is 54.8 Å². The average Bonchev–Trinajstić information content (AvgIpc) is 4.25. The summed E-state index contributed by atoms with van der Waals surface area (Å²) in [6.45, 7) is 7.12. The molecule has 0 atom stereocenters. The number of tetrazole rings is 2. The topological polar surface area (TPSA) is 152 Å². The minimum Gasteiger partial charge on any atom is -0.356 e. The minimum atomic E-state index is -4.94. The molecule has 2 fully saturated rings. The summed E-state index contributed by atoms with van der Waals surface area (Å²) in [5, 5.41) is 25.1. The van der Waals surface area contributed by atoms with Gasteiger partial charge in [-0.2, -0.15) is 62.3 Å². The molecule has 0 saturated heterocycles. The highest BCUT2D eigenvalue weighted by molar-refractivity contribution is 5.82. The predicted octanol–water partition coefficient (Wildman–Crippen LogP) is 11.6. The van der Waals surface area contributed by atoms with E-state index in [4.69, 9.17) is 0 Å². The van der Waals surface area contributed by atoms with Crippen LogP contribution in [0, 0.1) is 11.8 Å². The van der Waals surface area contributed by atoms with Crippen LogP contribution in [0.3, 0.4) is 0 Å². The first-order chi connectivity index (χ1) is 36.3. The Morgan fingerprint density at radius 2 is 1.04 bits per heavy atom. The second-order valence-corrected chi connectivity index (χ2v) is 18.6. The molecule has 2 aromatic carbocycles. The Balaban J connectivity index is 0.000000207. The number of hydrogen-bond donors (Lipinski definition) is 1. The zero-order chi connectivity index (χ0) is 56.1. The molecule has 0 amide bonds. The highest BCUT2D eigenvalue weighted by atomic mass is 19.4. The first kappa shape index (κ1) is 59.2. The molecule has 15 nitrogen and oxygen atoms in total. The fourth-order valence-electron chi connectivity index (χ4n) is 9.14.